The highest BCUT2D eigenvalue weighted by molar-refractivity contribution is 8.44. The molecule has 13 heavy (non-hydrogen) atoms. The average molecular weight is 214 g/mol. The Bertz CT molecular complexity index is 264. The van der Waals surface area contributed by atoms with E-state index >= 15 is 0 Å². The number of benzene rings is 1. The molecule has 70 valence electrons. The number of hydrogen-bond donors (Lipinski definition) is 0. The monoisotopic (exact) mass is 214 g/mol. The van der Waals surface area contributed by atoms with Crippen LogP contribution in [-0.4, -0.2) is 11.7 Å². The number of ether oxygens (including phenoxy) is 1. The van der Waals surface area contributed by atoms with Crippen molar-refractivity contribution in [3.8, 4) is 0 Å². The molecule has 0 aliphatic heterocycles. The van der Waals surface area contributed by atoms with Gasteiger partial charge in [-0.3, -0.25) is 4.79 Å². The quantitative estimate of drug-likeness (QED) is 0.568. The second-order valence-electron chi connectivity index (χ2n) is 2.46. The van der Waals surface area contributed by atoms with Crippen LogP contribution >= 0.6 is 19.8 Å². The molecule has 0 N–H and O–H groups in total. The maximum Gasteiger partial charge on any atom is 0.316 e. The summed E-state index contributed by atoms with van der Waals surface area (Å²) in [5.41, 5.74) is 1.02. The van der Waals surface area contributed by atoms with Gasteiger partial charge in [0.05, 0.1) is 5.75 Å². The van der Waals surface area contributed by atoms with E-state index in [0.29, 0.717) is 12.4 Å². The molecule has 1 aromatic carbocycles. The molecule has 1 rings (SSSR count). The van der Waals surface area contributed by atoms with Crippen molar-refractivity contribution in [1.29, 1.82) is 0 Å². The van der Waals surface area contributed by atoms with E-state index in [1.807, 2.05) is 30.3 Å². The van der Waals surface area contributed by atoms with Crippen molar-refractivity contribution >= 4 is 25.8 Å². The molecule has 0 heterocycles. The topological polar surface area (TPSA) is 26.3 Å². The fraction of sp³-hybridized carbons (Fsp3) is 0.222. The van der Waals surface area contributed by atoms with Crippen molar-refractivity contribution < 1.29 is 9.53 Å². The highest BCUT2D eigenvalue weighted by Gasteiger charge is 2.00. The van der Waals surface area contributed by atoms with Gasteiger partial charge in [0.2, 0.25) is 0 Å². The first-order valence-electron chi connectivity index (χ1n) is 3.84. The lowest BCUT2D eigenvalue weighted by atomic mass is 10.2. The van der Waals surface area contributed by atoms with Gasteiger partial charge < -0.3 is 4.74 Å². The molecular formula is C9H11O2PS. The van der Waals surface area contributed by atoms with Crippen LogP contribution in [0.3, 0.4) is 0 Å². The Hall–Kier alpha value is -0.530. The second-order valence-corrected chi connectivity index (χ2v) is 4.08. The normalized spacial score (nSPS) is 9.62. The van der Waals surface area contributed by atoms with Crippen LogP contribution in [0.4, 0.5) is 0 Å². The molecule has 0 fully saturated rings. The van der Waals surface area contributed by atoms with E-state index in [9.17, 15) is 4.79 Å². The summed E-state index contributed by atoms with van der Waals surface area (Å²) in [6.07, 6.45) is 0. The van der Waals surface area contributed by atoms with E-state index < -0.39 is 0 Å². The Kier molecular flexibility index (Phi) is 4.87. The van der Waals surface area contributed by atoms with E-state index in [-0.39, 0.29) is 5.97 Å². The smallest absolute Gasteiger partial charge is 0.316 e. The lowest BCUT2D eigenvalue weighted by molar-refractivity contribution is -0.141. The van der Waals surface area contributed by atoms with E-state index in [1.165, 1.54) is 11.4 Å². The molecule has 0 radical (unpaired) electrons. The molecule has 1 atom stereocenters. The van der Waals surface area contributed by atoms with Crippen LogP contribution in [0.25, 0.3) is 0 Å². The minimum Gasteiger partial charge on any atom is -0.460 e. The predicted octanol–water partition coefficient (Wildman–Crippen LogP) is 2.25. The van der Waals surface area contributed by atoms with Crippen LogP contribution in [0, 0.1) is 0 Å². The summed E-state index contributed by atoms with van der Waals surface area (Å²) in [6, 6.07) is 9.65. The molecule has 1 aromatic rings. The fourth-order valence-electron chi connectivity index (χ4n) is 0.848. The minimum absolute atomic E-state index is 0.177. The second kappa shape index (κ2) is 6.01. The van der Waals surface area contributed by atoms with Crippen molar-refractivity contribution in [3.63, 3.8) is 0 Å². The van der Waals surface area contributed by atoms with E-state index in [4.69, 9.17) is 4.74 Å². The molecule has 0 saturated carbocycles. The van der Waals surface area contributed by atoms with Gasteiger partial charge in [0.1, 0.15) is 6.61 Å². The molecule has 0 aliphatic carbocycles. The summed E-state index contributed by atoms with van der Waals surface area (Å²) in [4.78, 5) is 11.0. The number of carbonyl (C=O) groups excluding carboxylic acids is 1. The van der Waals surface area contributed by atoms with Crippen molar-refractivity contribution in [2.45, 2.75) is 6.61 Å². The van der Waals surface area contributed by atoms with Gasteiger partial charge in [0.25, 0.3) is 0 Å². The van der Waals surface area contributed by atoms with E-state index in [1.54, 1.807) is 0 Å². The molecule has 1 unspecified atom stereocenters. The summed E-state index contributed by atoms with van der Waals surface area (Å²) >= 11 is 1.39. The first-order valence-corrected chi connectivity index (χ1v) is 6.30. The van der Waals surface area contributed by atoms with Crippen LogP contribution < -0.4 is 0 Å². The van der Waals surface area contributed by atoms with Crippen LogP contribution in [0.5, 0.6) is 0 Å². The Morgan fingerprint density at radius 1 is 1.38 bits per heavy atom. The minimum atomic E-state index is -0.177. The van der Waals surface area contributed by atoms with Gasteiger partial charge in [0.15, 0.2) is 0 Å². The van der Waals surface area contributed by atoms with Gasteiger partial charge in [-0.15, -0.1) is 11.4 Å². The van der Waals surface area contributed by atoms with Gasteiger partial charge in [-0.1, -0.05) is 38.8 Å². The van der Waals surface area contributed by atoms with Gasteiger partial charge in [-0.2, -0.15) is 0 Å². The number of carbonyl (C=O) groups is 1. The summed E-state index contributed by atoms with van der Waals surface area (Å²) < 4.78 is 5.00. The van der Waals surface area contributed by atoms with Crippen molar-refractivity contribution in [1.82, 2.24) is 0 Å². The lowest BCUT2D eigenvalue weighted by Crippen LogP contribution is -2.05. The zero-order valence-corrected chi connectivity index (χ0v) is 9.07. The number of esters is 1. The van der Waals surface area contributed by atoms with Crippen molar-refractivity contribution in [3.05, 3.63) is 35.9 Å². The summed E-state index contributed by atoms with van der Waals surface area (Å²) in [5.74, 6) is 0.209. The van der Waals surface area contributed by atoms with Crippen molar-refractivity contribution in [2.75, 3.05) is 5.75 Å². The first-order chi connectivity index (χ1) is 6.33. The standard InChI is InChI=1S/C9H11O2PS/c10-9(7-13-12)11-6-8-4-2-1-3-5-8/h1-5H,6-7,12H2. The molecule has 0 saturated heterocycles. The van der Waals surface area contributed by atoms with Gasteiger partial charge in [0, 0.05) is 0 Å². The molecular weight excluding hydrogens is 203 g/mol. The first kappa shape index (κ1) is 10.6. The summed E-state index contributed by atoms with van der Waals surface area (Å²) in [6.45, 7) is 0.366. The Balaban J connectivity index is 2.31. The third kappa shape index (κ3) is 4.30. The van der Waals surface area contributed by atoms with E-state index in [2.05, 4.69) is 8.44 Å². The van der Waals surface area contributed by atoms with Gasteiger partial charge >= 0.3 is 5.97 Å². The maximum atomic E-state index is 11.0. The highest BCUT2D eigenvalue weighted by Crippen LogP contribution is 2.10. The van der Waals surface area contributed by atoms with Gasteiger partial charge in [-0.25, -0.2) is 0 Å². The van der Waals surface area contributed by atoms with Crippen LogP contribution in [0.15, 0.2) is 30.3 Å². The highest BCUT2D eigenvalue weighted by atomic mass is 32.7. The Morgan fingerprint density at radius 2 is 2.08 bits per heavy atom. The zero-order chi connectivity index (χ0) is 9.52. The summed E-state index contributed by atoms with van der Waals surface area (Å²) in [5, 5.41) is 0. The van der Waals surface area contributed by atoms with Gasteiger partial charge in [-0.05, 0) is 5.56 Å². The molecule has 2 nitrogen and oxygen atoms in total. The Labute approximate surface area is 84.0 Å². The molecule has 0 spiro atoms. The number of hydrogen-bond acceptors (Lipinski definition) is 3. The van der Waals surface area contributed by atoms with Crippen LogP contribution in [0.2, 0.25) is 0 Å². The fourth-order valence-corrected chi connectivity index (χ4v) is 1.48. The van der Waals surface area contributed by atoms with E-state index in [0.717, 1.165) is 5.56 Å². The van der Waals surface area contributed by atoms with Crippen LogP contribution in [0.1, 0.15) is 5.56 Å². The SMILES string of the molecule is O=C(CSP)OCc1ccccc1. The average Bonchev–Trinajstić information content (AvgIpc) is 2.17. The molecule has 0 aliphatic rings. The summed E-state index contributed by atoms with van der Waals surface area (Å²) in [7, 11) is 2.42. The lowest BCUT2D eigenvalue weighted by Gasteiger charge is -2.02. The third-order valence-electron chi connectivity index (χ3n) is 1.44. The van der Waals surface area contributed by atoms with Crippen molar-refractivity contribution in [2.24, 2.45) is 0 Å². The van der Waals surface area contributed by atoms with Crippen LogP contribution in [-0.2, 0) is 16.1 Å². The zero-order valence-electron chi connectivity index (χ0n) is 7.10. The predicted molar refractivity (Wildman–Crippen MR) is 58.4 cm³/mol. The largest absolute Gasteiger partial charge is 0.460 e. The third-order valence-corrected chi connectivity index (χ3v) is 2.35. The molecule has 0 bridgehead atoms. The Morgan fingerprint density at radius 3 is 2.69 bits per heavy atom. The molecule has 0 aromatic heterocycles. The number of rotatable bonds is 4. The molecule has 0 amide bonds. The molecule has 4 heteroatoms. The maximum absolute atomic E-state index is 11.0.